The lowest BCUT2D eigenvalue weighted by Crippen LogP contribution is -2.66. The summed E-state index contributed by atoms with van der Waals surface area (Å²) in [6.45, 7) is 4.65. The molecule has 0 aromatic heterocycles. The molecule has 0 saturated carbocycles. The molecular formula is C76H83N3O20. The first-order valence-electron chi connectivity index (χ1n) is 32.8. The number of benzene rings is 7. The fourth-order valence-corrected chi connectivity index (χ4v) is 11.8. The van der Waals surface area contributed by atoms with Crippen molar-refractivity contribution in [2.45, 2.75) is 173 Å². The molecule has 0 bridgehead atoms. The molecule has 0 spiro atoms. The van der Waals surface area contributed by atoms with Crippen molar-refractivity contribution < 1.29 is 95.0 Å². The molecule has 522 valence electrons. The number of azide groups is 1. The molecule has 23 nitrogen and oxygen atoms in total. The van der Waals surface area contributed by atoms with Gasteiger partial charge in [-0.2, -0.15) is 0 Å². The third-order valence-electron chi connectivity index (χ3n) is 16.4. The zero-order valence-electron chi connectivity index (χ0n) is 55.6. The van der Waals surface area contributed by atoms with Crippen molar-refractivity contribution in [2.24, 2.45) is 5.11 Å². The molecule has 10 rings (SSSR count). The maximum atomic E-state index is 13.7. The van der Waals surface area contributed by atoms with E-state index in [2.05, 4.69) is 10.0 Å². The van der Waals surface area contributed by atoms with Gasteiger partial charge in [-0.3, -0.25) is 19.2 Å². The Morgan fingerprint density at radius 1 is 0.333 bits per heavy atom. The molecule has 7 aromatic carbocycles. The van der Waals surface area contributed by atoms with E-state index in [0.29, 0.717) is 5.56 Å². The molecule has 0 radical (unpaired) electrons. The second-order valence-electron chi connectivity index (χ2n) is 23.9. The van der Waals surface area contributed by atoms with Crippen LogP contribution in [-0.2, 0) is 148 Å². The predicted octanol–water partition coefficient (Wildman–Crippen LogP) is 11.1. The van der Waals surface area contributed by atoms with E-state index in [9.17, 15) is 24.7 Å². The van der Waals surface area contributed by atoms with Crippen LogP contribution < -0.4 is 0 Å². The van der Waals surface area contributed by atoms with Gasteiger partial charge in [0.05, 0.1) is 66.1 Å². The van der Waals surface area contributed by atoms with Crippen LogP contribution in [0.2, 0.25) is 0 Å². The molecule has 0 aliphatic carbocycles. The minimum absolute atomic E-state index is 0.0465. The first-order chi connectivity index (χ1) is 48.3. The fraction of sp³-hybridized carbons (Fsp3) is 0.395. The largest absolute Gasteiger partial charge is 0.461 e. The van der Waals surface area contributed by atoms with Crippen LogP contribution in [0.3, 0.4) is 0 Å². The van der Waals surface area contributed by atoms with E-state index in [1.54, 1.807) is 24.3 Å². The summed E-state index contributed by atoms with van der Waals surface area (Å²) in [5.41, 5.74) is 16.8. The van der Waals surface area contributed by atoms with Crippen molar-refractivity contribution in [1.82, 2.24) is 0 Å². The number of ether oxygens (including phenoxy) is 16. The molecule has 3 saturated heterocycles. The first-order valence-corrected chi connectivity index (χ1v) is 32.8. The maximum Gasteiger partial charge on any atom is 0.303 e. The summed E-state index contributed by atoms with van der Waals surface area (Å²) >= 11 is 0. The Hall–Kier alpha value is -8.75. The van der Waals surface area contributed by atoms with E-state index in [1.807, 2.05) is 182 Å². The van der Waals surface area contributed by atoms with Crippen LogP contribution in [0.25, 0.3) is 10.4 Å². The van der Waals surface area contributed by atoms with Crippen molar-refractivity contribution in [1.29, 1.82) is 0 Å². The number of esters is 4. The van der Waals surface area contributed by atoms with E-state index < -0.39 is 123 Å². The van der Waals surface area contributed by atoms with Gasteiger partial charge in [-0.15, -0.1) is 0 Å². The van der Waals surface area contributed by atoms with Crippen LogP contribution in [0, 0.1) is 0 Å². The molecule has 0 amide bonds. The van der Waals surface area contributed by atoms with E-state index in [1.165, 1.54) is 27.7 Å². The average Bonchev–Trinajstić information content (AvgIpc) is 0.774. The van der Waals surface area contributed by atoms with Crippen LogP contribution in [0.5, 0.6) is 0 Å². The second kappa shape index (κ2) is 38.0. The fourth-order valence-electron chi connectivity index (χ4n) is 11.8. The predicted molar refractivity (Wildman–Crippen MR) is 355 cm³/mol. The number of hydrogen-bond donors (Lipinski definition) is 0. The molecule has 15 atom stereocenters. The Labute approximate surface area is 575 Å². The van der Waals surface area contributed by atoms with Crippen molar-refractivity contribution in [2.75, 3.05) is 19.8 Å². The summed E-state index contributed by atoms with van der Waals surface area (Å²) in [4.78, 5) is 55.7. The molecular weight excluding hydrogens is 1270 g/mol. The summed E-state index contributed by atoms with van der Waals surface area (Å²) in [5, 5.41) is 4.27. The van der Waals surface area contributed by atoms with Crippen LogP contribution in [0.1, 0.15) is 72.2 Å². The Morgan fingerprint density at radius 2 is 0.667 bits per heavy atom. The monoisotopic (exact) mass is 1360 g/mol. The van der Waals surface area contributed by atoms with E-state index in [0.717, 1.165) is 38.9 Å². The number of carbonyl (C=O) groups excluding carboxylic acids is 4. The normalized spacial score (nSPS) is 25.1. The Kier molecular flexibility index (Phi) is 28.0. The minimum atomic E-state index is -1.72. The van der Waals surface area contributed by atoms with Crippen LogP contribution >= 0.6 is 0 Å². The minimum Gasteiger partial charge on any atom is -0.461 e. The van der Waals surface area contributed by atoms with Gasteiger partial charge in [0.1, 0.15) is 61.5 Å². The van der Waals surface area contributed by atoms with Gasteiger partial charge < -0.3 is 75.8 Å². The summed E-state index contributed by atoms with van der Waals surface area (Å²) in [5.74, 6) is -2.70. The first kappa shape index (κ1) is 73.0. The van der Waals surface area contributed by atoms with Gasteiger partial charge >= 0.3 is 23.9 Å². The molecule has 0 unspecified atom stereocenters. The highest BCUT2D eigenvalue weighted by Crippen LogP contribution is 2.38. The van der Waals surface area contributed by atoms with Crippen molar-refractivity contribution in [3.05, 3.63) is 261 Å². The molecule has 23 heteroatoms. The molecule has 3 aliphatic rings. The molecule has 99 heavy (non-hydrogen) atoms. The van der Waals surface area contributed by atoms with Crippen molar-refractivity contribution >= 4 is 23.9 Å². The molecule has 3 aliphatic heterocycles. The lowest BCUT2D eigenvalue weighted by Gasteiger charge is -2.49. The zero-order chi connectivity index (χ0) is 69.1. The summed E-state index contributed by atoms with van der Waals surface area (Å²) in [6, 6.07) is 62.5. The quantitative estimate of drug-likeness (QED) is 0.0119. The number of carbonyl (C=O) groups is 4. The lowest BCUT2D eigenvalue weighted by molar-refractivity contribution is -0.365. The highest BCUT2D eigenvalue weighted by atomic mass is 16.8. The molecule has 0 N–H and O–H groups in total. The van der Waals surface area contributed by atoms with Crippen molar-refractivity contribution in [3.8, 4) is 0 Å². The Bertz CT molecular complexity index is 3620. The smallest absolute Gasteiger partial charge is 0.303 e. The zero-order valence-corrected chi connectivity index (χ0v) is 55.6. The third kappa shape index (κ3) is 22.1. The average molecular weight is 1360 g/mol. The van der Waals surface area contributed by atoms with E-state index in [-0.39, 0.29) is 66.1 Å². The number of hydrogen-bond acceptors (Lipinski definition) is 21. The van der Waals surface area contributed by atoms with Crippen molar-refractivity contribution in [3.63, 3.8) is 0 Å². The molecule has 7 aromatic rings. The summed E-state index contributed by atoms with van der Waals surface area (Å²) < 4.78 is 106. The standard InChI is InChI=1S/C76H83N3O20/c1-50(80)86-41-60-35-37-61(38-36-60)46-91-74-65(78-79-77)69(89-44-58-31-19-9-20-32-58)68(63(96-74)48-85-40-55-25-13-6-14-26-55)99-76-73(95-53(4)83)71(93-51(2)81)67(88-43-57-29-17-8-18-30-57)64(98-76)49-92-75-72(94-52(3)82)70(90-45-59-33-21-10-22-34-59)66(87-42-56-27-15-7-16-28-56)62(97-75)47-84-39-54-23-11-5-12-24-54/h5-38,62-76H,39-49H2,1-4H3/t62-,63-,64-,65-,66-,67+,68-,69-,70+,71+,72+,73-,74-,75+,76+/m1/s1. The highest BCUT2D eigenvalue weighted by Gasteiger charge is 2.57. The van der Waals surface area contributed by atoms with Crippen LogP contribution in [0.15, 0.2) is 211 Å². The number of rotatable bonds is 34. The van der Waals surface area contributed by atoms with Gasteiger partial charge in [-0.25, -0.2) is 0 Å². The summed E-state index contributed by atoms with van der Waals surface area (Å²) in [7, 11) is 0. The highest BCUT2D eigenvalue weighted by molar-refractivity contribution is 5.68. The SMILES string of the molecule is CC(=O)OCc1ccc(CO[C@@H]2O[C@H](COCc3ccccc3)[C@@H](O[C@@H]3O[C@H](CO[C@H]4O[C@H](COCc5ccccc5)[C@@H](OCc5ccccc5)[C@H](OCc5ccccc5)[C@@H]4OC(C)=O)[C@H](OCc4ccccc4)[C@H](OC(C)=O)[C@H]3OC(C)=O)[C@H](OCc3ccccc3)[C@H]2N=[N+]=[N-])cc1. The van der Waals surface area contributed by atoms with Gasteiger partial charge in [-0.05, 0) is 50.0 Å². The third-order valence-corrected chi connectivity index (χ3v) is 16.4. The van der Waals surface area contributed by atoms with Crippen LogP contribution in [-0.4, -0.2) is 136 Å². The van der Waals surface area contributed by atoms with Gasteiger partial charge in [0.2, 0.25) is 0 Å². The molecule has 3 heterocycles. The number of nitrogens with zero attached hydrogens (tertiary/aromatic N) is 3. The van der Waals surface area contributed by atoms with Gasteiger partial charge in [-0.1, -0.05) is 211 Å². The van der Waals surface area contributed by atoms with E-state index in [4.69, 9.17) is 75.8 Å². The van der Waals surface area contributed by atoms with Gasteiger partial charge in [0.25, 0.3) is 0 Å². The van der Waals surface area contributed by atoms with Gasteiger partial charge in [0, 0.05) is 32.6 Å². The summed E-state index contributed by atoms with van der Waals surface area (Å²) in [6.07, 6.45) is -18.3. The second-order valence-corrected chi connectivity index (χ2v) is 23.9. The lowest BCUT2D eigenvalue weighted by atomic mass is 9.95. The Balaban J connectivity index is 1.03. The topological polar surface area (TPSA) is 265 Å². The van der Waals surface area contributed by atoms with E-state index >= 15 is 0 Å². The van der Waals surface area contributed by atoms with Gasteiger partial charge in [0.15, 0.2) is 37.2 Å². The Morgan fingerprint density at radius 3 is 1.10 bits per heavy atom. The van der Waals surface area contributed by atoms with Crippen LogP contribution in [0.4, 0.5) is 0 Å². The molecule has 3 fully saturated rings. The maximum absolute atomic E-state index is 13.7.